The third kappa shape index (κ3) is 4.47. The smallest absolute Gasteiger partial charge is 0.244 e. The molecule has 7 heteroatoms. The molecule has 0 unspecified atom stereocenters. The average molecular weight is 341 g/mol. The molecule has 1 aliphatic heterocycles. The van der Waals surface area contributed by atoms with Gasteiger partial charge in [-0.05, 0) is 24.3 Å². The van der Waals surface area contributed by atoms with Gasteiger partial charge in [0.05, 0.1) is 12.2 Å². The van der Waals surface area contributed by atoms with Crippen LogP contribution in [0.5, 0.6) is 11.5 Å². The largest absolute Gasteiger partial charge is 0.486 e. The summed E-state index contributed by atoms with van der Waals surface area (Å²) in [7, 11) is 0. The summed E-state index contributed by atoms with van der Waals surface area (Å²) in [6.45, 7) is 2.65. The standard InChI is InChI=1S/C18H19N3O4/c1-13(22)21(11-15-4-2-3-7-19-15)12-18(23)20-14-5-6-16-17(10-14)25-9-8-24-16/h2-7,10H,8-9,11-12H2,1H3,(H,20,23). The van der Waals surface area contributed by atoms with Crippen LogP contribution >= 0.6 is 0 Å². The van der Waals surface area contributed by atoms with Gasteiger partial charge in [0.2, 0.25) is 11.8 Å². The molecule has 2 heterocycles. The first-order chi connectivity index (χ1) is 12.1. The number of fused-ring (bicyclic) bond motifs is 1. The van der Waals surface area contributed by atoms with Crippen LogP contribution in [0.25, 0.3) is 0 Å². The maximum atomic E-state index is 12.3. The van der Waals surface area contributed by atoms with Crippen molar-refractivity contribution in [3.63, 3.8) is 0 Å². The highest BCUT2D eigenvalue weighted by Crippen LogP contribution is 2.32. The van der Waals surface area contributed by atoms with E-state index in [1.807, 2.05) is 12.1 Å². The summed E-state index contributed by atoms with van der Waals surface area (Å²) in [5.74, 6) is 0.775. The second-order valence-electron chi connectivity index (χ2n) is 5.60. The molecule has 1 aliphatic rings. The number of pyridine rings is 1. The topological polar surface area (TPSA) is 80.8 Å². The number of ether oxygens (including phenoxy) is 2. The van der Waals surface area contributed by atoms with Gasteiger partial charge in [0.15, 0.2) is 11.5 Å². The third-order valence-corrected chi connectivity index (χ3v) is 3.68. The van der Waals surface area contributed by atoms with Crippen LogP contribution in [0.3, 0.4) is 0 Å². The molecule has 25 heavy (non-hydrogen) atoms. The number of hydrogen-bond acceptors (Lipinski definition) is 5. The predicted octanol–water partition coefficient (Wildman–Crippen LogP) is 1.84. The first kappa shape index (κ1) is 16.8. The van der Waals surface area contributed by atoms with E-state index in [-0.39, 0.29) is 24.9 Å². The quantitative estimate of drug-likeness (QED) is 0.897. The highest BCUT2D eigenvalue weighted by molar-refractivity contribution is 5.94. The van der Waals surface area contributed by atoms with Gasteiger partial charge < -0.3 is 19.7 Å². The summed E-state index contributed by atoms with van der Waals surface area (Å²) in [4.78, 5) is 29.7. The Morgan fingerprint density at radius 1 is 1.16 bits per heavy atom. The fourth-order valence-corrected chi connectivity index (χ4v) is 2.46. The van der Waals surface area contributed by atoms with Crippen LogP contribution in [-0.4, -0.2) is 41.5 Å². The Morgan fingerprint density at radius 3 is 2.68 bits per heavy atom. The Hall–Kier alpha value is -3.09. The molecular weight excluding hydrogens is 322 g/mol. The number of rotatable bonds is 5. The number of aromatic nitrogens is 1. The van der Waals surface area contributed by atoms with Crippen molar-refractivity contribution in [2.45, 2.75) is 13.5 Å². The summed E-state index contributed by atoms with van der Waals surface area (Å²) < 4.78 is 10.9. The lowest BCUT2D eigenvalue weighted by molar-refractivity contribution is -0.133. The van der Waals surface area contributed by atoms with E-state index in [4.69, 9.17) is 9.47 Å². The van der Waals surface area contributed by atoms with E-state index in [2.05, 4.69) is 10.3 Å². The summed E-state index contributed by atoms with van der Waals surface area (Å²) in [5, 5.41) is 2.77. The molecule has 1 aromatic carbocycles. The summed E-state index contributed by atoms with van der Waals surface area (Å²) in [6, 6.07) is 10.7. The molecule has 0 spiro atoms. The SMILES string of the molecule is CC(=O)N(CC(=O)Nc1ccc2c(c1)OCCO2)Cc1ccccn1. The van der Waals surface area contributed by atoms with Crippen LogP contribution in [0.4, 0.5) is 5.69 Å². The Bertz CT molecular complexity index is 764. The molecule has 0 fully saturated rings. The van der Waals surface area contributed by atoms with Gasteiger partial charge in [-0.25, -0.2) is 0 Å². The van der Waals surface area contributed by atoms with E-state index in [1.54, 1.807) is 30.5 Å². The molecular formula is C18H19N3O4. The lowest BCUT2D eigenvalue weighted by Gasteiger charge is -2.21. The highest BCUT2D eigenvalue weighted by atomic mass is 16.6. The number of nitrogens with one attached hydrogen (secondary N) is 1. The summed E-state index contributed by atoms with van der Waals surface area (Å²) in [6.07, 6.45) is 1.66. The number of carbonyl (C=O) groups is 2. The van der Waals surface area contributed by atoms with Crippen molar-refractivity contribution in [1.82, 2.24) is 9.88 Å². The van der Waals surface area contributed by atoms with E-state index in [0.29, 0.717) is 30.4 Å². The molecule has 130 valence electrons. The van der Waals surface area contributed by atoms with Crippen LogP contribution in [0.2, 0.25) is 0 Å². The van der Waals surface area contributed by atoms with Crippen molar-refractivity contribution < 1.29 is 19.1 Å². The number of carbonyl (C=O) groups excluding carboxylic acids is 2. The molecule has 1 aromatic heterocycles. The van der Waals surface area contributed by atoms with Crippen molar-refractivity contribution >= 4 is 17.5 Å². The minimum absolute atomic E-state index is 0.0552. The van der Waals surface area contributed by atoms with Crippen molar-refractivity contribution in [3.8, 4) is 11.5 Å². The van der Waals surface area contributed by atoms with Crippen molar-refractivity contribution in [3.05, 3.63) is 48.3 Å². The Morgan fingerprint density at radius 2 is 1.96 bits per heavy atom. The maximum Gasteiger partial charge on any atom is 0.244 e. The zero-order chi connectivity index (χ0) is 17.6. The summed E-state index contributed by atoms with van der Waals surface area (Å²) >= 11 is 0. The third-order valence-electron chi connectivity index (χ3n) is 3.68. The molecule has 2 amide bonds. The van der Waals surface area contributed by atoms with Gasteiger partial charge in [0, 0.05) is 24.9 Å². The Labute approximate surface area is 145 Å². The minimum Gasteiger partial charge on any atom is -0.486 e. The average Bonchev–Trinajstić information content (AvgIpc) is 2.62. The predicted molar refractivity (Wildman–Crippen MR) is 91.4 cm³/mol. The van der Waals surface area contributed by atoms with Gasteiger partial charge in [0.25, 0.3) is 0 Å². The lowest BCUT2D eigenvalue weighted by atomic mass is 10.2. The number of amides is 2. The molecule has 0 radical (unpaired) electrons. The molecule has 0 saturated heterocycles. The number of hydrogen-bond donors (Lipinski definition) is 1. The molecule has 7 nitrogen and oxygen atoms in total. The molecule has 3 rings (SSSR count). The van der Waals surface area contributed by atoms with E-state index in [1.165, 1.54) is 11.8 Å². The Kier molecular flexibility index (Phi) is 5.13. The van der Waals surface area contributed by atoms with Crippen molar-refractivity contribution in [2.75, 3.05) is 25.1 Å². The lowest BCUT2D eigenvalue weighted by Crippen LogP contribution is -2.36. The van der Waals surface area contributed by atoms with E-state index < -0.39 is 0 Å². The van der Waals surface area contributed by atoms with E-state index in [9.17, 15) is 9.59 Å². The Balaban J connectivity index is 1.62. The molecule has 0 saturated carbocycles. The van der Waals surface area contributed by atoms with Gasteiger partial charge in [-0.1, -0.05) is 6.07 Å². The van der Waals surface area contributed by atoms with Crippen LogP contribution in [0.15, 0.2) is 42.6 Å². The minimum atomic E-state index is -0.289. The zero-order valence-corrected chi connectivity index (χ0v) is 13.9. The normalized spacial score (nSPS) is 12.4. The second-order valence-corrected chi connectivity index (χ2v) is 5.60. The zero-order valence-electron chi connectivity index (χ0n) is 13.9. The monoisotopic (exact) mass is 341 g/mol. The van der Waals surface area contributed by atoms with Crippen LogP contribution < -0.4 is 14.8 Å². The fourth-order valence-electron chi connectivity index (χ4n) is 2.46. The first-order valence-corrected chi connectivity index (χ1v) is 7.97. The molecule has 0 aliphatic carbocycles. The maximum absolute atomic E-state index is 12.3. The first-order valence-electron chi connectivity index (χ1n) is 7.97. The molecule has 1 N–H and O–H groups in total. The van der Waals surface area contributed by atoms with Gasteiger partial charge in [0.1, 0.15) is 19.8 Å². The molecule has 2 aromatic rings. The number of nitrogens with zero attached hydrogens (tertiary/aromatic N) is 2. The van der Waals surface area contributed by atoms with Gasteiger partial charge in [-0.15, -0.1) is 0 Å². The van der Waals surface area contributed by atoms with Crippen LogP contribution in [-0.2, 0) is 16.1 Å². The van der Waals surface area contributed by atoms with Gasteiger partial charge in [-0.3, -0.25) is 14.6 Å². The van der Waals surface area contributed by atoms with Crippen LogP contribution in [0.1, 0.15) is 12.6 Å². The second kappa shape index (κ2) is 7.65. The highest BCUT2D eigenvalue weighted by Gasteiger charge is 2.16. The van der Waals surface area contributed by atoms with Crippen molar-refractivity contribution in [1.29, 1.82) is 0 Å². The van der Waals surface area contributed by atoms with Gasteiger partial charge in [-0.2, -0.15) is 0 Å². The number of anilines is 1. The molecule has 0 bridgehead atoms. The van der Waals surface area contributed by atoms with Gasteiger partial charge >= 0.3 is 0 Å². The van der Waals surface area contributed by atoms with E-state index in [0.717, 1.165) is 5.69 Å². The summed E-state index contributed by atoms with van der Waals surface area (Å²) in [5.41, 5.74) is 1.32. The number of benzene rings is 1. The molecule has 0 atom stereocenters. The van der Waals surface area contributed by atoms with E-state index >= 15 is 0 Å². The van der Waals surface area contributed by atoms with Crippen molar-refractivity contribution in [2.24, 2.45) is 0 Å². The van der Waals surface area contributed by atoms with Crippen LogP contribution in [0, 0.1) is 0 Å². The fraction of sp³-hybridized carbons (Fsp3) is 0.278.